The molecule has 2 unspecified atom stereocenters. The van der Waals surface area contributed by atoms with Crippen LogP contribution in [0.25, 0.3) is 0 Å². The minimum Gasteiger partial charge on any atom is -0.396 e. The second-order valence-corrected chi connectivity index (χ2v) is 7.21. The highest BCUT2D eigenvalue weighted by atomic mass is 16.5. The van der Waals surface area contributed by atoms with Gasteiger partial charge in [-0.2, -0.15) is 0 Å². The van der Waals surface area contributed by atoms with Crippen LogP contribution < -0.4 is 0 Å². The Kier molecular flexibility index (Phi) is 5.67. The van der Waals surface area contributed by atoms with E-state index >= 15 is 0 Å². The molecule has 0 amide bonds. The van der Waals surface area contributed by atoms with Crippen molar-refractivity contribution in [3.63, 3.8) is 0 Å². The zero-order valence-corrected chi connectivity index (χ0v) is 13.0. The van der Waals surface area contributed by atoms with Gasteiger partial charge in [-0.3, -0.25) is 0 Å². The highest BCUT2D eigenvalue weighted by molar-refractivity contribution is 4.84. The zero-order chi connectivity index (χ0) is 13.8. The smallest absolute Gasteiger partial charge is 0.0583 e. The van der Waals surface area contributed by atoms with Crippen LogP contribution in [0.5, 0.6) is 0 Å². The van der Waals surface area contributed by atoms with Crippen LogP contribution >= 0.6 is 0 Å². The molecule has 1 saturated carbocycles. The van der Waals surface area contributed by atoms with Crippen LogP contribution in [0, 0.1) is 16.7 Å². The molecule has 1 fully saturated rings. The van der Waals surface area contributed by atoms with E-state index in [2.05, 4.69) is 34.6 Å². The first kappa shape index (κ1) is 16.0. The lowest BCUT2D eigenvalue weighted by molar-refractivity contribution is -0.0737. The van der Waals surface area contributed by atoms with Gasteiger partial charge >= 0.3 is 0 Å². The molecule has 0 saturated heterocycles. The van der Waals surface area contributed by atoms with Crippen molar-refractivity contribution in [3.05, 3.63) is 0 Å². The molecular formula is C16H32O2. The first-order valence-corrected chi connectivity index (χ1v) is 7.59. The Balaban J connectivity index is 2.52. The molecule has 0 aromatic heterocycles. The summed E-state index contributed by atoms with van der Waals surface area (Å²) >= 11 is 0. The Bertz CT molecular complexity index is 235. The van der Waals surface area contributed by atoms with Crippen molar-refractivity contribution >= 4 is 0 Å². The molecule has 18 heavy (non-hydrogen) atoms. The van der Waals surface area contributed by atoms with E-state index in [0.29, 0.717) is 18.1 Å². The van der Waals surface area contributed by atoms with Crippen LogP contribution in [0.15, 0.2) is 0 Å². The molecule has 2 atom stereocenters. The standard InChI is InChI=1S/C16H32O2/c1-6-16(7-2,11-17)12-18-14-8-13(3)9-15(4,5)10-14/h13-14,17H,6-12H2,1-5H3. The molecule has 0 heterocycles. The number of aliphatic hydroxyl groups is 1. The minimum absolute atomic E-state index is 0.0230. The van der Waals surface area contributed by atoms with Gasteiger partial charge in [-0.1, -0.05) is 34.6 Å². The molecule has 1 rings (SSSR count). The molecular weight excluding hydrogens is 224 g/mol. The first-order valence-electron chi connectivity index (χ1n) is 7.59. The normalized spacial score (nSPS) is 28.3. The number of aliphatic hydroxyl groups excluding tert-OH is 1. The van der Waals surface area contributed by atoms with Gasteiger partial charge in [0.1, 0.15) is 0 Å². The number of ether oxygens (including phenoxy) is 1. The van der Waals surface area contributed by atoms with Crippen LogP contribution in [0.4, 0.5) is 0 Å². The predicted octanol–water partition coefficient (Wildman–Crippen LogP) is 4.02. The van der Waals surface area contributed by atoms with Crippen molar-refractivity contribution in [2.45, 2.75) is 72.8 Å². The van der Waals surface area contributed by atoms with Gasteiger partial charge in [-0.05, 0) is 43.4 Å². The molecule has 0 aromatic rings. The molecule has 1 aliphatic rings. The Morgan fingerprint density at radius 2 is 1.83 bits per heavy atom. The molecule has 0 radical (unpaired) electrons. The van der Waals surface area contributed by atoms with Crippen molar-refractivity contribution in [2.75, 3.05) is 13.2 Å². The van der Waals surface area contributed by atoms with E-state index in [1.165, 1.54) is 12.8 Å². The maximum absolute atomic E-state index is 9.58. The van der Waals surface area contributed by atoms with Crippen molar-refractivity contribution in [2.24, 2.45) is 16.7 Å². The van der Waals surface area contributed by atoms with Crippen molar-refractivity contribution in [1.29, 1.82) is 0 Å². The summed E-state index contributed by atoms with van der Waals surface area (Å²) in [6, 6.07) is 0. The average Bonchev–Trinajstić information content (AvgIpc) is 2.29. The van der Waals surface area contributed by atoms with Gasteiger partial charge < -0.3 is 9.84 Å². The number of hydrogen-bond acceptors (Lipinski definition) is 2. The molecule has 2 nitrogen and oxygen atoms in total. The highest BCUT2D eigenvalue weighted by Crippen LogP contribution is 2.40. The van der Waals surface area contributed by atoms with Crippen molar-refractivity contribution in [3.8, 4) is 0 Å². The molecule has 0 bridgehead atoms. The molecule has 108 valence electrons. The maximum Gasteiger partial charge on any atom is 0.0583 e. The summed E-state index contributed by atoms with van der Waals surface area (Å²) in [6.07, 6.45) is 6.01. The maximum atomic E-state index is 9.58. The second-order valence-electron chi connectivity index (χ2n) is 7.21. The summed E-state index contributed by atoms with van der Waals surface area (Å²) < 4.78 is 6.17. The first-order chi connectivity index (χ1) is 8.36. The third-order valence-corrected chi connectivity index (χ3v) is 4.81. The van der Waals surface area contributed by atoms with E-state index in [4.69, 9.17) is 4.74 Å². The van der Waals surface area contributed by atoms with Crippen molar-refractivity contribution < 1.29 is 9.84 Å². The van der Waals surface area contributed by atoms with E-state index in [1.807, 2.05) is 0 Å². The summed E-state index contributed by atoms with van der Waals surface area (Å²) in [5.41, 5.74) is 0.382. The molecule has 2 heteroatoms. The monoisotopic (exact) mass is 256 g/mol. The van der Waals surface area contributed by atoms with E-state index < -0.39 is 0 Å². The molecule has 0 aromatic carbocycles. The molecule has 0 aliphatic heterocycles. The molecule has 1 N–H and O–H groups in total. The third-order valence-electron chi connectivity index (χ3n) is 4.81. The lowest BCUT2D eigenvalue weighted by Gasteiger charge is -2.40. The van der Waals surface area contributed by atoms with Gasteiger partial charge in [0.2, 0.25) is 0 Å². The van der Waals surface area contributed by atoms with Gasteiger partial charge in [0.05, 0.1) is 19.3 Å². The summed E-state index contributed by atoms with van der Waals surface area (Å²) in [7, 11) is 0. The Morgan fingerprint density at radius 1 is 1.22 bits per heavy atom. The summed E-state index contributed by atoms with van der Waals surface area (Å²) in [6.45, 7) is 12.3. The minimum atomic E-state index is -0.0230. The largest absolute Gasteiger partial charge is 0.396 e. The average molecular weight is 256 g/mol. The SMILES string of the molecule is CCC(CC)(CO)COC1CC(C)CC(C)(C)C1. The highest BCUT2D eigenvalue weighted by Gasteiger charge is 2.34. The van der Waals surface area contributed by atoms with Crippen LogP contribution in [-0.4, -0.2) is 24.4 Å². The van der Waals surface area contributed by atoms with Crippen LogP contribution in [0.3, 0.4) is 0 Å². The van der Waals surface area contributed by atoms with Gasteiger partial charge in [-0.15, -0.1) is 0 Å². The fourth-order valence-electron chi connectivity index (χ4n) is 3.40. The Hall–Kier alpha value is -0.0800. The lowest BCUT2D eigenvalue weighted by Crippen LogP contribution is -2.37. The summed E-state index contributed by atoms with van der Waals surface area (Å²) in [5, 5.41) is 9.58. The van der Waals surface area contributed by atoms with Gasteiger partial charge in [0, 0.05) is 5.41 Å². The zero-order valence-electron chi connectivity index (χ0n) is 13.0. The van der Waals surface area contributed by atoms with E-state index in [1.54, 1.807) is 0 Å². The third kappa shape index (κ3) is 4.24. The van der Waals surface area contributed by atoms with Gasteiger partial charge in [0.25, 0.3) is 0 Å². The van der Waals surface area contributed by atoms with Crippen LogP contribution in [0.1, 0.15) is 66.7 Å². The molecule has 1 aliphatic carbocycles. The fraction of sp³-hybridized carbons (Fsp3) is 1.00. The summed E-state index contributed by atoms with van der Waals surface area (Å²) in [4.78, 5) is 0. The van der Waals surface area contributed by atoms with E-state index in [0.717, 1.165) is 25.2 Å². The number of rotatable bonds is 6. The number of hydrogen-bond donors (Lipinski definition) is 1. The second kappa shape index (κ2) is 6.38. The van der Waals surface area contributed by atoms with Gasteiger partial charge in [0.15, 0.2) is 0 Å². The van der Waals surface area contributed by atoms with Crippen LogP contribution in [-0.2, 0) is 4.74 Å². The Labute approximate surface area is 113 Å². The fourth-order valence-corrected chi connectivity index (χ4v) is 3.40. The molecule has 0 spiro atoms. The Morgan fingerprint density at radius 3 is 2.28 bits per heavy atom. The lowest BCUT2D eigenvalue weighted by atomic mass is 9.71. The van der Waals surface area contributed by atoms with E-state index in [-0.39, 0.29) is 12.0 Å². The van der Waals surface area contributed by atoms with E-state index in [9.17, 15) is 5.11 Å². The predicted molar refractivity (Wildman–Crippen MR) is 76.6 cm³/mol. The quantitative estimate of drug-likeness (QED) is 0.778. The summed E-state index contributed by atoms with van der Waals surface area (Å²) in [5.74, 6) is 0.755. The van der Waals surface area contributed by atoms with Crippen molar-refractivity contribution in [1.82, 2.24) is 0 Å². The van der Waals surface area contributed by atoms with Crippen LogP contribution in [0.2, 0.25) is 0 Å². The van der Waals surface area contributed by atoms with Gasteiger partial charge in [-0.25, -0.2) is 0 Å². The topological polar surface area (TPSA) is 29.5 Å².